The molecule has 1 aromatic rings. The monoisotopic (exact) mass is 226 g/mol. The molecule has 0 heterocycles. The Morgan fingerprint density at radius 3 is 2.27 bits per heavy atom. The summed E-state index contributed by atoms with van der Waals surface area (Å²) in [6.45, 7) is 4.34. The van der Waals surface area contributed by atoms with Crippen molar-refractivity contribution >= 4 is 28.3 Å². The smallest absolute Gasteiger partial charge is 0.281 e. The van der Waals surface area contributed by atoms with Gasteiger partial charge in [-0.05, 0) is 24.3 Å². The van der Waals surface area contributed by atoms with Crippen LogP contribution in [0.15, 0.2) is 33.6 Å². The zero-order chi connectivity index (χ0) is 11.5. The van der Waals surface area contributed by atoms with Gasteiger partial charge in [0.15, 0.2) is 0 Å². The third-order valence-corrected chi connectivity index (χ3v) is 2.85. The van der Waals surface area contributed by atoms with E-state index in [0.29, 0.717) is 5.69 Å². The van der Waals surface area contributed by atoms with E-state index in [1.54, 1.807) is 0 Å². The van der Waals surface area contributed by atoms with Crippen molar-refractivity contribution in [3.05, 3.63) is 24.3 Å². The molecule has 0 aromatic heterocycles. The fraction of sp³-hybridized carbons (Fsp3) is 0.111. The molecule has 0 spiro atoms. The molecule has 1 N–H and O–H groups in total. The second kappa shape index (κ2) is 4.22. The van der Waals surface area contributed by atoms with Crippen LogP contribution in [0, 0.1) is 0 Å². The molecular formula is C9H10N2O3S. The SMILES string of the molecule is C=NS(=O)(=O)c1ccc(NC(C)=O)cc1. The number of nitrogens with zero attached hydrogens (tertiary/aromatic N) is 1. The van der Waals surface area contributed by atoms with Gasteiger partial charge in [-0.25, -0.2) is 0 Å². The molecular weight excluding hydrogens is 216 g/mol. The molecule has 0 fully saturated rings. The lowest BCUT2D eigenvalue weighted by molar-refractivity contribution is -0.114. The van der Waals surface area contributed by atoms with Crippen LogP contribution < -0.4 is 5.32 Å². The fourth-order valence-corrected chi connectivity index (χ4v) is 1.62. The predicted octanol–water partition coefficient (Wildman–Crippen LogP) is 1.03. The molecule has 6 heteroatoms. The summed E-state index contributed by atoms with van der Waals surface area (Å²) in [6, 6.07) is 5.68. The molecule has 80 valence electrons. The normalized spacial score (nSPS) is 10.7. The number of amides is 1. The van der Waals surface area contributed by atoms with E-state index in [-0.39, 0.29) is 10.8 Å². The number of carbonyl (C=O) groups is 1. The summed E-state index contributed by atoms with van der Waals surface area (Å²) in [5, 5.41) is 2.52. The van der Waals surface area contributed by atoms with E-state index < -0.39 is 10.0 Å². The molecule has 0 bridgehead atoms. The molecule has 1 amide bonds. The summed E-state index contributed by atoms with van der Waals surface area (Å²) in [7, 11) is -3.64. The Hall–Kier alpha value is -1.69. The number of hydrogen-bond donors (Lipinski definition) is 1. The van der Waals surface area contributed by atoms with E-state index in [4.69, 9.17) is 0 Å². The molecule has 1 rings (SSSR count). The van der Waals surface area contributed by atoms with Crippen molar-refractivity contribution in [3.8, 4) is 0 Å². The van der Waals surface area contributed by atoms with Gasteiger partial charge in [0.1, 0.15) is 0 Å². The van der Waals surface area contributed by atoms with E-state index in [1.165, 1.54) is 31.2 Å². The van der Waals surface area contributed by atoms with Crippen LogP contribution in [-0.4, -0.2) is 21.0 Å². The maximum absolute atomic E-state index is 11.2. The standard InChI is InChI=1S/C9H10N2O3S/c1-7(12)11-8-3-5-9(6-4-8)15(13,14)10-2/h3-6H,2H2,1H3,(H,11,12). The molecule has 15 heavy (non-hydrogen) atoms. The third-order valence-electron chi connectivity index (χ3n) is 1.64. The van der Waals surface area contributed by atoms with E-state index >= 15 is 0 Å². The van der Waals surface area contributed by atoms with E-state index in [2.05, 4.69) is 16.4 Å². The summed E-state index contributed by atoms with van der Waals surface area (Å²) in [6.07, 6.45) is 0. The van der Waals surface area contributed by atoms with Crippen LogP contribution in [0.25, 0.3) is 0 Å². The van der Waals surface area contributed by atoms with Crippen LogP contribution in [0.5, 0.6) is 0 Å². The zero-order valence-corrected chi connectivity index (χ0v) is 8.91. The highest BCUT2D eigenvalue weighted by atomic mass is 32.2. The minimum absolute atomic E-state index is 0.0478. The topological polar surface area (TPSA) is 75.6 Å². The van der Waals surface area contributed by atoms with Crippen LogP contribution in [0.2, 0.25) is 0 Å². The summed E-state index contributed by atoms with van der Waals surface area (Å²) in [5.74, 6) is -0.215. The average molecular weight is 226 g/mol. The van der Waals surface area contributed by atoms with Crippen molar-refractivity contribution in [1.29, 1.82) is 0 Å². The number of nitrogens with one attached hydrogen (secondary N) is 1. The van der Waals surface area contributed by atoms with Crippen molar-refractivity contribution in [2.24, 2.45) is 4.40 Å². The van der Waals surface area contributed by atoms with Crippen molar-refractivity contribution in [1.82, 2.24) is 0 Å². The summed E-state index contributed by atoms with van der Waals surface area (Å²) < 4.78 is 25.5. The molecule has 0 unspecified atom stereocenters. The van der Waals surface area contributed by atoms with E-state index in [1.807, 2.05) is 0 Å². The van der Waals surface area contributed by atoms with Crippen LogP contribution in [0.3, 0.4) is 0 Å². The predicted molar refractivity (Wildman–Crippen MR) is 57.5 cm³/mol. The molecule has 0 aliphatic heterocycles. The minimum Gasteiger partial charge on any atom is -0.326 e. The second-order valence-electron chi connectivity index (χ2n) is 2.81. The molecule has 1 aromatic carbocycles. The zero-order valence-electron chi connectivity index (χ0n) is 8.10. The molecule has 0 saturated carbocycles. The first-order valence-electron chi connectivity index (χ1n) is 4.06. The van der Waals surface area contributed by atoms with Crippen LogP contribution in [0.4, 0.5) is 5.69 Å². The lowest BCUT2D eigenvalue weighted by Crippen LogP contribution is -2.05. The first-order chi connectivity index (χ1) is 6.95. The maximum Gasteiger partial charge on any atom is 0.281 e. The number of carbonyl (C=O) groups excluding carboxylic acids is 1. The van der Waals surface area contributed by atoms with E-state index in [0.717, 1.165) is 0 Å². The van der Waals surface area contributed by atoms with Gasteiger partial charge < -0.3 is 5.32 Å². The maximum atomic E-state index is 11.2. The van der Waals surface area contributed by atoms with Gasteiger partial charge >= 0.3 is 0 Å². The van der Waals surface area contributed by atoms with Crippen molar-refractivity contribution in [3.63, 3.8) is 0 Å². The third kappa shape index (κ3) is 2.88. The van der Waals surface area contributed by atoms with Gasteiger partial charge in [0, 0.05) is 19.3 Å². The highest BCUT2D eigenvalue weighted by molar-refractivity contribution is 7.90. The van der Waals surface area contributed by atoms with Crippen LogP contribution in [-0.2, 0) is 14.8 Å². The molecule has 0 saturated heterocycles. The molecule has 0 aliphatic carbocycles. The van der Waals surface area contributed by atoms with Crippen LogP contribution in [0.1, 0.15) is 6.92 Å². The average Bonchev–Trinajstić information content (AvgIpc) is 2.18. The Morgan fingerprint density at radius 2 is 1.87 bits per heavy atom. The number of benzene rings is 1. The van der Waals surface area contributed by atoms with Crippen molar-refractivity contribution in [2.45, 2.75) is 11.8 Å². The number of rotatable bonds is 3. The first kappa shape index (κ1) is 11.4. The van der Waals surface area contributed by atoms with Gasteiger partial charge in [0.05, 0.1) is 4.90 Å². The molecule has 0 atom stereocenters. The molecule has 0 radical (unpaired) electrons. The highest BCUT2D eigenvalue weighted by Gasteiger charge is 2.09. The Bertz CT molecular complexity index is 477. The van der Waals surface area contributed by atoms with Gasteiger partial charge in [-0.3, -0.25) is 4.79 Å². The molecule has 0 aliphatic rings. The second-order valence-corrected chi connectivity index (χ2v) is 4.49. The lowest BCUT2D eigenvalue weighted by Gasteiger charge is -2.02. The van der Waals surface area contributed by atoms with Gasteiger partial charge in [0.2, 0.25) is 5.91 Å². The van der Waals surface area contributed by atoms with Crippen molar-refractivity contribution < 1.29 is 13.2 Å². The lowest BCUT2D eigenvalue weighted by atomic mass is 10.3. The van der Waals surface area contributed by atoms with Gasteiger partial charge in [-0.2, -0.15) is 12.8 Å². The van der Waals surface area contributed by atoms with E-state index in [9.17, 15) is 13.2 Å². The largest absolute Gasteiger partial charge is 0.326 e. The first-order valence-corrected chi connectivity index (χ1v) is 5.50. The Kier molecular flexibility index (Phi) is 3.21. The molecule has 5 nitrogen and oxygen atoms in total. The van der Waals surface area contributed by atoms with Gasteiger partial charge in [-0.15, -0.1) is 0 Å². The number of sulfonamides is 1. The van der Waals surface area contributed by atoms with Gasteiger partial charge in [-0.1, -0.05) is 0 Å². The highest BCUT2D eigenvalue weighted by Crippen LogP contribution is 2.15. The quantitative estimate of drug-likeness (QED) is 0.782. The number of anilines is 1. The summed E-state index contributed by atoms with van der Waals surface area (Å²) in [5.41, 5.74) is 0.533. The summed E-state index contributed by atoms with van der Waals surface area (Å²) in [4.78, 5) is 10.7. The Labute approximate surface area is 87.9 Å². The van der Waals surface area contributed by atoms with Gasteiger partial charge in [0.25, 0.3) is 10.0 Å². The Balaban J connectivity index is 3.00. The number of hydrogen-bond acceptors (Lipinski definition) is 3. The van der Waals surface area contributed by atoms with Crippen molar-refractivity contribution in [2.75, 3.05) is 5.32 Å². The minimum atomic E-state index is -3.64. The Morgan fingerprint density at radius 1 is 1.33 bits per heavy atom. The fourth-order valence-electron chi connectivity index (χ4n) is 0.988. The summed E-state index contributed by atoms with van der Waals surface area (Å²) >= 11 is 0. The van der Waals surface area contributed by atoms with Crippen LogP contribution >= 0.6 is 0 Å².